The van der Waals surface area contributed by atoms with Crippen LogP contribution in [0.15, 0.2) is 106 Å². The Morgan fingerprint density at radius 2 is 1.81 bits per heavy atom. The first-order valence-electron chi connectivity index (χ1n) is 21.4. The number of carbonyl (C=O) groups is 2. The molecule has 4 heterocycles. The van der Waals surface area contributed by atoms with Crippen molar-refractivity contribution in [3.05, 3.63) is 106 Å². The Kier molecular flexibility index (Phi) is 13.5. The lowest BCUT2D eigenvalue weighted by molar-refractivity contribution is -0.120. The van der Waals surface area contributed by atoms with E-state index < -0.39 is 0 Å². The highest BCUT2D eigenvalue weighted by atomic mass is 16.5. The molecule has 4 aliphatic heterocycles. The molecule has 314 valence electrons. The number of urea groups is 1. The smallest absolute Gasteiger partial charge is 0.328 e. The van der Waals surface area contributed by atoms with Crippen molar-refractivity contribution in [2.24, 2.45) is 10.9 Å². The van der Waals surface area contributed by atoms with E-state index in [-0.39, 0.29) is 11.9 Å². The van der Waals surface area contributed by atoms with Crippen molar-refractivity contribution in [3.8, 4) is 5.75 Å². The first-order valence-corrected chi connectivity index (χ1v) is 21.4. The monoisotopic (exact) mass is 802 g/mol. The third-order valence-corrected chi connectivity index (χ3v) is 12.3. The molecule has 2 aromatic rings. The van der Waals surface area contributed by atoms with E-state index in [1.165, 1.54) is 40.9 Å². The molecular formula is C47H62N8O4. The molecule has 0 spiro atoms. The van der Waals surface area contributed by atoms with Gasteiger partial charge in [-0.25, -0.2) is 9.79 Å². The first-order chi connectivity index (χ1) is 28.6. The minimum absolute atomic E-state index is 0.213. The van der Waals surface area contributed by atoms with Crippen LogP contribution in [0.1, 0.15) is 65.4 Å². The molecule has 3 saturated heterocycles. The number of hydrogen-bond acceptors (Lipinski definition) is 10. The molecule has 0 unspecified atom stereocenters. The minimum Gasteiger partial charge on any atom is -0.493 e. The van der Waals surface area contributed by atoms with Crippen LogP contribution >= 0.6 is 0 Å². The van der Waals surface area contributed by atoms with Gasteiger partial charge in [0.1, 0.15) is 23.9 Å². The summed E-state index contributed by atoms with van der Waals surface area (Å²) in [6.07, 6.45) is 10.8. The second-order valence-electron chi connectivity index (χ2n) is 16.3. The van der Waals surface area contributed by atoms with Gasteiger partial charge in [0.2, 0.25) is 5.91 Å². The van der Waals surface area contributed by atoms with Gasteiger partial charge < -0.3 is 29.9 Å². The number of carbonyl (C=O) groups excluding carboxylic acids is 2. The number of piperazine rings is 1. The van der Waals surface area contributed by atoms with E-state index in [1.54, 1.807) is 4.90 Å². The third-order valence-electron chi connectivity index (χ3n) is 12.3. The zero-order chi connectivity index (χ0) is 41.5. The molecule has 0 aromatic heterocycles. The average molecular weight is 803 g/mol. The molecule has 0 radical (unpaired) electrons. The summed E-state index contributed by atoms with van der Waals surface area (Å²) in [7, 11) is 0. The van der Waals surface area contributed by atoms with Crippen molar-refractivity contribution in [1.29, 1.82) is 0 Å². The van der Waals surface area contributed by atoms with E-state index in [2.05, 4.69) is 101 Å². The van der Waals surface area contributed by atoms with Gasteiger partial charge in [-0.2, -0.15) is 0 Å². The lowest BCUT2D eigenvalue weighted by Crippen LogP contribution is -2.54. The number of imide groups is 1. The fraction of sp³-hybridized carbons (Fsp3) is 0.468. The highest BCUT2D eigenvalue weighted by Gasteiger charge is 2.35. The van der Waals surface area contributed by atoms with Crippen LogP contribution in [0.4, 0.5) is 21.9 Å². The van der Waals surface area contributed by atoms with Crippen molar-refractivity contribution >= 4 is 35.2 Å². The molecule has 12 nitrogen and oxygen atoms in total. The number of amides is 3. The van der Waals surface area contributed by atoms with Crippen LogP contribution in [-0.2, 0) is 9.53 Å². The van der Waals surface area contributed by atoms with Gasteiger partial charge >= 0.3 is 6.03 Å². The Hall–Kier alpha value is -5.49. The molecule has 3 amide bonds. The van der Waals surface area contributed by atoms with Gasteiger partial charge in [-0.1, -0.05) is 19.6 Å². The molecule has 7 rings (SSSR count). The van der Waals surface area contributed by atoms with Crippen LogP contribution in [0, 0.1) is 12.8 Å². The van der Waals surface area contributed by atoms with Gasteiger partial charge in [0.25, 0.3) is 0 Å². The van der Waals surface area contributed by atoms with Gasteiger partial charge in [-0.15, -0.1) is 0 Å². The minimum atomic E-state index is -0.340. The Labute approximate surface area is 350 Å². The fourth-order valence-corrected chi connectivity index (χ4v) is 8.83. The molecule has 1 aliphatic carbocycles. The Balaban J connectivity index is 0.834. The number of benzene rings is 2. The average Bonchev–Trinajstić information content (AvgIpc) is 3.21. The number of nitrogens with one attached hydrogen (secondary N) is 3. The van der Waals surface area contributed by atoms with Crippen LogP contribution < -0.4 is 30.5 Å². The van der Waals surface area contributed by atoms with E-state index in [1.807, 2.05) is 31.3 Å². The van der Waals surface area contributed by atoms with Gasteiger partial charge in [0.05, 0.1) is 12.3 Å². The highest BCUT2D eigenvalue weighted by Crippen LogP contribution is 2.35. The standard InChI is InChI=1S/C47H62N8O4/c1-7-9-44(49-29-37-16-19-54(30-33(37)4)42(8-2)34(5)46-35(6)58-25-18-48-46)50-38-10-13-41(14-11-38)59-31-36-27-40(28-36)53-23-21-52(22-24-53)39-12-15-43(32(3)26-39)55-20-17-45(56)51-47(55)57/h8-15,26,29,36,40,48,50H,6-7,16-25,27-28,30-31H2,1-5H3,(H,51,56,57)/b42-8+,44-9-,46-34+,49-29-. The normalized spacial score (nSPS) is 23.2. The molecule has 0 atom stereocenters. The van der Waals surface area contributed by atoms with E-state index >= 15 is 0 Å². The SMILES string of the molecule is C=C1OCCN/C1=C(C)/C(=C\C)N1CCC(/C=N\C(=C\CC)Nc2ccc(OCC3CC(N4CCN(c5ccc(N6CCC(=O)NC6=O)c(C)c5)CC4)C3)cc2)=C(C)C1. The lowest BCUT2D eigenvalue weighted by Gasteiger charge is -2.46. The molecular weight excluding hydrogens is 741 g/mol. The summed E-state index contributed by atoms with van der Waals surface area (Å²) in [5, 5.41) is 9.41. The number of anilines is 3. The van der Waals surface area contributed by atoms with Gasteiger partial charge in [0, 0.05) is 93.8 Å². The van der Waals surface area contributed by atoms with E-state index in [4.69, 9.17) is 14.5 Å². The lowest BCUT2D eigenvalue weighted by atomic mass is 9.79. The predicted molar refractivity (Wildman–Crippen MR) is 238 cm³/mol. The number of allylic oxidation sites excluding steroid dienone is 3. The highest BCUT2D eigenvalue weighted by molar-refractivity contribution is 6.06. The summed E-state index contributed by atoms with van der Waals surface area (Å²) >= 11 is 0. The summed E-state index contributed by atoms with van der Waals surface area (Å²) in [5.74, 6) is 2.81. The second kappa shape index (κ2) is 19.1. The summed E-state index contributed by atoms with van der Waals surface area (Å²) in [5.41, 5.74) is 10.1. The summed E-state index contributed by atoms with van der Waals surface area (Å²) < 4.78 is 12.0. The van der Waals surface area contributed by atoms with Crippen molar-refractivity contribution in [2.45, 2.75) is 72.8 Å². The van der Waals surface area contributed by atoms with Crippen molar-refractivity contribution in [3.63, 3.8) is 0 Å². The van der Waals surface area contributed by atoms with Crippen LogP contribution in [0.2, 0.25) is 0 Å². The Morgan fingerprint density at radius 1 is 1.03 bits per heavy atom. The number of nitrogens with zero attached hydrogens (tertiary/aromatic N) is 5. The van der Waals surface area contributed by atoms with Crippen LogP contribution in [0.25, 0.3) is 0 Å². The second-order valence-corrected chi connectivity index (χ2v) is 16.3. The van der Waals surface area contributed by atoms with Crippen molar-refractivity contribution in [1.82, 2.24) is 20.4 Å². The van der Waals surface area contributed by atoms with Gasteiger partial charge in [-0.3, -0.25) is 19.9 Å². The summed E-state index contributed by atoms with van der Waals surface area (Å²) in [6.45, 7) is 23.1. The van der Waals surface area contributed by atoms with Crippen molar-refractivity contribution < 1.29 is 19.1 Å². The number of aliphatic imine (C=N–C) groups is 1. The fourth-order valence-electron chi connectivity index (χ4n) is 8.83. The number of aryl methyl sites for hydroxylation is 1. The zero-order valence-corrected chi connectivity index (χ0v) is 35.6. The number of hydrogen-bond donors (Lipinski definition) is 3. The maximum absolute atomic E-state index is 12.4. The maximum atomic E-state index is 12.4. The molecule has 59 heavy (non-hydrogen) atoms. The molecule has 1 saturated carbocycles. The largest absolute Gasteiger partial charge is 0.493 e. The topological polar surface area (TPSA) is 114 Å². The number of rotatable bonds is 13. The maximum Gasteiger partial charge on any atom is 0.328 e. The summed E-state index contributed by atoms with van der Waals surface area (Å²) in [6, 6.07) is 14.8. The molecule has 0 bridgehead atoms. The van der Waals surface area contributed by atoms with Gasteiger partial charge in [-0.05, 0) is 130 Å². The van der Waals surface area contributed by atoms with Crippen LogP contribution in [0.5, 0.6) is 5.75 Å². The van der Waals surface area contributed by atoms with Crippen LogP contribution in [0.3, 0.4) is 0 Å². The number of morpholine rings is 1. The van der Waals surface area contributed by atoms with Crippen molar-refractivity contribution in [2.75, 3.05) is 80.7 Å². The molecule has 3 N–H and O–H groups in total. The quantitative estimate of drug-likeness (QED) is 0.178. The first kappa shape index (κ1) is 41.7. The van der Waals surface area contributed by atoms with E-state index in [0.29, 0.717) is 37.3 Å². The molecule has 2 aromatic carbocycles. The van der Waals surface area contributed by atoms with E-state index in [0.717, 1.165) is 99.5 Å². The molecule has 12 heteroatoms. The van der Waals surface area contributed by atoms with E-state index in [9.17, 15) is 9.59 Å². The predicted octanol–water partition coefficient (Wildman–Crippen LogP) is 7.49. The molecule has 4 fully saturated rings. The zero-order valence-electron chi connectivity index (χ0n) is 35.6. The number of ether oxygens (including phenoxy) is 2. The Bertz CT molecular complexity index is 2040. The van der Waals surface area contributed by atoms with Crippen LogP contribution in [-0.4, -0.2) is 99.6 Å². The summed E-state index contributed by atoms with van der Waals surface area (Å²) in [4.78, 5) is 38.0. The third kappa shape index (κ3) is 10.0. The van der Waals surface area contributed by atoms with Gasteiger partial charge in [0.15, 0.2) is 0 Å². The Morgan fingerprint density at radius 3 is 2.49 bits per heavy atom. The molecule has 5 aliphatic rings.